The van der Waals surface area contributed by atoms with Crippen LogP contribution in [0.5, 0.6) is 5.75 Å². The fourth-order valence-corrected chi connectivity index (χ4v) is 3.02. The molecule has 3 rings (SSSR count). The highest BCUT2D eigenvalue weighted by molar-refractivity contribution is 5.98. The Kier molecular flexibility index (Phi) is 5.08. The molecular weight excluding hydrogens is 312 g/mol. The van der Waals surface area contributed by atoms with Gasteiger partial charge in [0.15, 0.2) is 0 Å². The van der Waals surface area contributed by atoms with Gasteiger partial charge >= 0.3 is 0 Å². The van der Waals surface area contributed by atoms with E-state index in [0.29, 0.717) is 11.6 Å². The number of ether oxygens (including phenoxy) is 1. The molecule has 4 nitrogen and oxygen atoms in total. The maximum absolute atomic E-state index is 12.8. The fraction of sp³-hybridized carbons (Fsp3) is 0.286. The summed E-state index contributed by atoms with van der Waals surface area (Å²) in [6, 6.07) is 17.6. The number of nitrogens with one attached hydrogen (secondary N) is 2. The lowest BCUT2D eigenvalue weighted by Crippen LogP contribution is -2.32. The molecule has 0 spiro atoms. The smallest absolute Gasteiger partial charge is 0.268 e. The van der Waals surface area contributed by atoms with Gasteiger partial charge < -0.3 is 15.0 Å². The summed E-state index contributed by atoms with van der Waals surface area (Å²) < 4.78 is 5.23. The highest BCUT2D eigenvalue weighted by Gasteiger charge is 2.22. The molecule has 0 saturated carbocycles. The van der Waals surface area contributed by atoms with Crippen molar-refractivity contribution in [3.8, 4) is 5.75 Å². The number of hydrogen-bond donors (Lipinski definition) is 2. The van der Waals surface area contributed by atoms with Crippen molar-refractivity contribution in [2.45, 2.75) is 26.3 Å². The lowest BCUT2D eigenvalue weighted by molar-refractivity contribution is 0.0918. The van der Waals surface area contributed by atoms with Crippen LogP contribution in [0, 0.1) is 5.92 Å². The number of rotatable bonds is 6. The van der Waals surface area contributed by atoms with Crippen LogP contribution in [0.4, 0.5) is 0 Å². The number of H-pyrrole nitrogens is 1. The summed E-state index contributed by atoms with van der Waals surface area (Å²) >= 11 is 0. The molecule has 2 unspecified atom stereocenters. The van der Waals surface area contributed by atoms with Crippen molar-refractivity contribution in [2.24, 2.45) is 5.92 Å². The first kappa shape index (κ1) is 17.1. The van der Waals surface area contributed by atoms with E-state index in [1.165, 1.54) is 0 Å². The van der Waals surface area contributed by atoms with E-state index in [1.807, 2.05) is 54.6 Å². The van der Waals surface area contributed by atoms with E-state index in [-0.39, 0.29) is 11.9 Å². The van der Waals surface area contributed by atoms with Crippen LogP contribution in [0.1, 0.15) is 42.4 Å². The van der Waals surface area contributed by atoms with Crippen LogP contribution in [0.2, 0.25) is 0 Å². The van der Waals surface area contributed by atoms with E-state index in [2.05, 4.69) is 24.1 Å². The second-order valence-electron chi connectivity index (χ2n) is 6.38. The average Bonchev–Trinajstić information content (AvgIpc) is 3.10. The lowest BCUT2D eigenvalue weighted by atomic mass is 9.92. The molecular formula is C21H24N2O2. The number of carbonyl (C=O) groups excluding carboxylic acids is 1. The minimum atomic E-state index is -0.0858. The second kappa shape index (κ2) is 7.43. The van der Waals surface area contributed by atoms with E-state index in [9.17, 15) is 4.79 Å². The van der Waals surface area contributed by atoms with Gasteiger partial charge in [-0.1, -0.05) is 50.6 Å². The number of fused-ring (bicyclic) bond motifs is 1. The third kappa shape index (κ3) is 3.68. The van der Waals surface area contributed by atoms with Gasteiger partial charge in [0.2, 0.25) is 0 Å². The molecule has 1 amide bonds. The number of amides is 1. The molecule has 0 fully saturated rings. The zero-order valence-electron chi connectivity index (χ0n) is 14.9. The zero-order chi connectivity index (χ0) is 17.8. The number of para-hydroxylation sites is 1. The minimum Gasteiger partial charge on any atom is -0.497 e. The van der Waals surface area contributed by atoms with Crippen molar-refractivity contribution in [3.05, 3.63) is 65.9 Å². The Morgan fingerprint density at radius 2 is 1.88 bits per heavy atom. The Morgan fingerprint density at radius 3 is 2.52 bits per heavy atom. The molecule has 2 atom stereocenters. The highest BCUT2D eigenvalue weighted by Crippen LogP contribution is 2.27. The summed E-state index contributed by atoms with van der Waals surface area (Å²) in [5.74, 6) is 1.05. The van der Waals surface area contributed by atoms with E-state index in [1.54, 1.807) is 7.11 Å². The Morgan fingerprint density at radius 1 is 1.16 bits per heavy atom. The monoisotopic (exact) mass is 336 g/mol. The normalized spacial score (nSPS) is 13.4. The molecule has 4 heteroatoms. The van der Waals surface area contributed by atoms with Crippen molar-refractivity contribution in [2.75, 3.05) is 7.11 Å². The lowest BCUT2D eigenvalue weighted by Gasteiger charge is -2.25. The molecule has 1 aromatic heterocycles. The first-order valence-corrected chi connectivity index (χ1v) is 8.65. The van der Waals surface area contributed by atoms with Gasteiger partial charge in [-0.25, -0.2) is 0 Å². The van der Waals surface area contributed by atoms with Gasteiger partial charge in [-0.2, -0.15) is 0 Å². The van der Waals surface area contributed by atoms with Gasteiger partial charge in [0.25, 0.3) is 5.91 Å². The SMILES string of the molecule is CCC(C)C(NC(=O)c1cc2ccccc2[nH]1)c1ccc(OC)cc1. The molecule has 1 heterocycles. The van der Waals surface area contributed by atoms with Crippen molar-refractivity contribution >= 4 is 16.8 Å². The maximum Gasteiger partial charge on any atom is 0.268 e. The molecule has 3 aromatic rings. The number of benzene rings is 2. The first-order chi connectivity index (χ1) is 12.1. The van der Waals surface area contributed by atoms with Crippen LogP contribution in [-0.4, -0.2) is 18.0 Å². The van der Waals surface area contributed by atoms with E-state index in [4.69, 9.17) is 4.74 Å². The summed E-state index contributed by atoms with van der Waals surface area (Å²) in [5.41, 5.74) is 2.64. The van der Waals surface area contributed by atoms with Crippen molar-refractivity contribution in [1.29, 1.82) is 0 Å². The Bertz CT molecular complexity index is 819. The van der Waals surface area contributed by atoms with Gasteiger partial charge in [-0.3, -0.25) is 4.79 Å². The largest absolute Gasteiger partial charge is 0.497 e. The number of carbonyl (C=O) groups is 1. The van der Waals surface area contributed by atoms with Crippen LogP contribution in [-0.2, 0) is 0 Å². The molecule has 2 aromatic carbocycles. The number of methoxy groups -OCH3 is 1. The van der Waals surface area contributed by atoms with E-state index in [0.717, 1.165) is 28.6 Å². The molecule has 0 bridgehead atoms. The standard InChI is InChI=1S/C21H24N2O2/c1-4-14(2)20(15-9-11-17(25-3)12-10-15)23-21(24)19-13-16-7-5-6-8-18(16)22-19/h5-14,20,22H,4H2,1-3H3,(H,23,24). The fourth-order valence-electron chi connectivity index (χ4n) is 3.02. The Balaban J connectivity index is 1.84. The number of hydrogen-bond acceptors (Lipinski definition) is 2. The van der Waals surface area contributed by atoms with Crippen LogP contribution in [0.3, 0.4) is 0 Å². The van der Waals surface area contributed by atoms with Crippen LogP contribution in [0.25, 0.3) is 10.9 Å². The van der Waals surface area contributed by atoms with Crippen molar-refractivity contribution in [1.82, 2.24) is 10.3 Å². The predicted molar refractivity (Wildman–Crippen MR) is 101 cm³/mol. The summed E-state index contributed by atoms with van der Waals surface area (Å²) in [4.78, 5) is 16.0. The van der Waals surface area contributed by atoms with Gasteiger partial charge in [0, 0.05) is 10.9 Å². The van der Waals surface area contributed by atoms with Crippen molar-refractivity contribution < 1.29 is 9.53 Å². The van der Waals surface area contributed by atoms with E-state index < -0.39 is 0 Å². The molecule has 0 saturated heterocycles. The summed E-state index contributed by atoms with van der Waals surface area (Å²) in [6.07, 6.45) is 0.976. The van der Waals surface area contributed by atoms with Crippen molar-refractivity contribution in [3.63, 3.8) is 0 Å². The van der Waals surface area contributed by atoms with Gasteiger partial charge in [-0.05, 0) is 35.7 Å². The maximum atomic E-state index is 12.8. The van der Waals surface area contributed by atoms with Gasteiger partial charge in [0.05, 0.1) is 13.2 Å². The van der Waals surface area contributed by atoms with Gasteiger partial charge in [0.1, 0.15) is 11.4 Å². The number of aromatic nitrogens is 1. The third-order valence-corrected chi connectivity index (χ3v) is 4.75. The highest BCUT2D eigenvalue weighted by atomic mass is 16.5. The van der Waals surface area contributed by atoms with Crippen LogP contribution < -0.4 is 10.1 Å². The summed E-state index contributed by atoms with van der Waals surface area (Å²) in [7, 11) is 1.65. The minimum absolute atomic E-state index is 0.0465. The second-order valence-corrected chi connectivity index (χ2v) is 6.38. The first-order valence-electron chi connectivity index (χ1n) is 8.65. The molecule has 2 N–H and O–H groups in total. The average molecular weight is 336 g/mol. The molecule has 0 radical (unpaired) electrons. The van der Waals surface area contributed by atoms with Crippen LogP contribution >= 0.6 is 0 Å². The molecule has 0 aliphatic heterocycles. The van der Waals surface area contributed by atoms with Gasteiger partial charge in [-0.15, -0.1) is 0 Å². The molecule has 25 heavy (non-hydrogen) atoms. The third-order valence-electron chi connectivity index (χ3n) is 4.75. The number of aromatic amines is 1. The summed E-state index contributed by atoms with van der Waals surface area (Å²) in [5, 5.41) is 4.23. The Labute approximate surface area is 148 Å². The molecule has 130 valence electrons. The predicted octanol–water partition coefficient (Wildman–Crippen LogP) is 4.69. The van der Waals surface area contributed by atoms with Crippen LogP contribution in [0.15, 0.2) is 54.6 Å². The Hall–Kier alpha value is -2.75. The topological polar surface area (TPSA) is 54.1 Å². The quantitative estimate of drug-likeness (QED) is 0.686. The zero-order valence-corrected chi connectivity index (χ0v) is 14.9. The van der Waals surface area contributed by atoms with E-state index >= 15 is 0 Å². The summed E-state index contributed by atoms with van der Waals surface area (Å²) in [6.45, 7) is 4.29. The molecule has 0 aliphatic rings. The molecule has 0 aliphatic carbocycles.